The van der Waals surface area contributed by atoms with Gasteiger partial charge in [0.15, 0.2) is 11.6 Å². The number of rotatable bonds is 4. The van der Waals surface area contributed by atoms with Gasteiger partial charge in [0.1, 0.15) is 17.1 Å². The Morgan fingerprint density at radius 3 is 2.72 bits per heavy atom. The van der Waals surface area contributed by atoms with E-state index in [1.165, 1.54) is 0 Å². The Labute approximate surface area is 168 Å². The minimum atomic E-state index is -1.23. The van der Waals surface area contributed by atoms with E-state index >= 15 is 0 Å². The fraction of sp³-hybridized carbons (Fsp3) is 0.227. The number of nitrogens with zero attached hydrogens (tertiary/aromatic N) is 2. The van der Waals surface area contributed by atoms with Gasteiger partial charge in [0, 0.05) is 29.6 Å². The van der Waals surface area contributed by atoms with Gasteiger partial charge in [-0.3, -0.25) is 0 Å². The van der Waals surface area contributed by atoms with Crippen molar-refractivity contribution in [2.45, 2.75) is 32.7 Å². The lowest BCUT2D eigenvalue weighted by Gasteiger charge is -2.04. The van der Waals surface area contributed by atoms with Gasteiger partial charge in [-0.15, -0.1) is 11.3 Å². The molecular formula is C22H17F3N2OS. The van der Waals surface area contributed by atoms with Crippen molar-refractivity contribution in [3.8, 4) is 0 Å². The minimum Gasteiger partial charge on any atom is -0.510 e. The minimum absolute atomic E-state index is 0.0231. The number of aliphatic hydroxyl groups is 1. The number of hydrogen-bond acceptors (Lipinski definition) is 3. The lowest BCUT2D eigenvalue weighted by molar-refractivity contribution is 0.375. The zero-order valence-corrected chi connectivity index (χ0v) is 16.4. The molecule has 0 aliphatic heterocycles. The molecule has 0 radical (unpaired) electrons. The molecule has 3 nitrogen and oxygen atoms in total. The molecule has 0 amide bonds. The molecule has 1 saturated carbocycles. The van der Waals surface area contributed by atoms with Crippen LogP contribution < -0.4 is 0 Å². The standard InChI is InChI=1S/C22H17F3N2OS/c1-11-2-5-17-14(6-11)13(9-27(17)10-18(28)12-3-4-12)7-19-26-21-20(25)15(23)8-16(24)22(21)29-19/h2,5-6,8-9,28H,3-4,7,10H2,1H3. The second-order valence-electron chi connectivity index (χ2n) is 7.47. The summed E-state index contributed by atoms with van der Waals surface area (Å²) in [6.07, 6.45) is 4.19. The fourth-order valence-electron chi connectivity index (χ4n) is 3.65. The van der Waals surface area contributed by atoms with Gasteiger partial charge in [0.25, 0.3) is 0 Å². The normalized spacial score (nSPS) is 13.6. The maximum absolute atomic E-state index is 14.0. The molecule has 29 heavy (non-hydrogen) atoms. The zero-order valence-electron chi connectivity index (χ0n) is 15.6. The predicted octanol–water partition coefficient (Wildman–Crippen LogP) is 6.17. The monoisotopic (exact) mass is 414 g/mol. The fourth-order valence-corrected chi connectivity index (χ4v) is 4.64. The van der Waals surface area contributed by atoms with Gasteiger partial charge in [-0.1, -0.05) is 11.6 Å². The van der Waals surface area contributed by atoms with Crippen LogP contribution in [0.15, 0.2) is 41.8 Å². The van der Waals surface area contributed by atoms with Gasteiger partial charge in [-0.25, -0.2) is 18.2 Å². The van der Waals surface area contributed by atoms with Crippen LogP contribution in [0.1, 0.15) is 29.0 Å². The molecule has 2 heterocycles. The van der Waals surface area contributed by atoms with E-state index in [9.17, 15) is 18.3 Å². The van der Waals surface area contributed by atoms with Gasteiger partial charge in [-0.2, -0.15) is 0 Å². The molecule has 2 aromatic heterocycles. The third-order valence-corrected chi connectivity index (χ3v) is 6.31. The molecule has 1 aliphatic rings. The van der Waals surface area contributed by atoms with Crippen molar-refractivity contribution < 1.29 is 18.3 Å². The van der Waals surface area contributed by atoms with Gasteiger partial charge in [0.05, 0.1) is 16.3 Å². The Morgan fingerprint density at radius 2 is 1.97 bits per heavy atom. The highest BCUT2D eigenvalue weighted by atomic mass is 32.1. The largest absolute Gasteiger partial charge is 0.510 e. The average Bonchev–Trinajstić information content (AvgIpc) is 3.37. The van der Waals surface area contributed by atoms with Crippen LogP contribution in [0.3, 0.4) is 0 Å². The highest BCUT2D eigenvalue weighted by molar-refractivity contribution is 7.18. The molecule has 0 spiro atoms. The number of thiazole rings is 1. The Balaban J connectivity index is 1.59. The number of aryl methyl sites for hydroxylation is 1. The van der Waals surface area contributed by atoms with Crippen LogP contribution in [0.2, 0.25) is 0 Å². The second-order valence-corrected chi connectivity index (χ2v) is 8.55. The summed E-state index contributed by atoms with van der Waals surface area (Å²) in [6.45, 7) is 2.39. The molecule has 4 aromatic rings. The van der Waals surface area contributed by atoms with E-state index in [4.69, 9.17) is 0 Å². The first-order valence-electron chi connectivity index (χ1n) is 9.32. The molecule has 0 saturated heterocycles. The van der Waals surface area contributed by atoms with E-state index in [1.54, 1.807) is 0 Å². The van der Waals surface area contributed by atoms with Crippen LogP contribution in [0.4, 0.5) is 13.2 Å². The van der Waals surface area contributed by atoms with Crippen molar-refractivity contribution in [2.75, 3.05) is 0 Å². The summed E-state index contributed by atoms with van der Waals surface area (Å²) in [5, 5.41) is 11.8. The van der Waals surface area contributed by atoms with Crippen molar-refractivity contribution in [3.63, 3.8) is 0 Å². The van der Waals surface area contributed by atoms with E-state index in [0.29, 0.717) is 29.8 Å². The van der Waals surface area contributed by atoms with E-state index in [2.05, 4.69) is 11.1 Å². The second kappa shape index (κ2) is 6.62. The SMILES string of the molecule is Cc1ccc2c(c1)c(Cc1nc3c(F)c(F)cc(F)c3s1)cn2CC(O)=C1CC1. The Kier molecular flexibility index (Phi) is 4.17. The highest BCUT2D eigenvalue weighted by Gasteiger charge is 2.20. The van der Waals surface area contributed by atoms with Crippen LogP contribution in [0.25, 0.3) is 21.1 Å². The predicted molar refractivity (Wildman–Crippen MR) is 108 cm³/mol. The number of aliphatic hydroxyl groups excluding tert-OH is 1. The highest BCUT2D eigenvalue weighted by Crippen LogP contribution is 2.34. The van der Waals surface area contributed by atoms with Gasteiger partial charge in [-0.05, 0) is 43.0 Å². The first-order valence-corrected chi connectivity index (χ1v) is 10.1. The van der Waals surface area contributed by atoms with Crippen molar-refractivity contribution in [1.29, 1.82) is 0 Å². The summed E-state index contributed by atoms with van der Waals surface area (Å²) >= 11 is 1.03. The van der Waals surface area contributed by atoms with Crippen molar-refractivity contribution in [2.24, 2.45) is 0 Å². The molecule has 148 valence electrons. The summed E-state index contributed by atoms with van der Waals surface area (Å²) in [7, 11) is 0. The quantitative estimate of drug-likeness (QED) is 0.320. The zero-order chi connectivity index (χ0) is 20.3. The molecule has 1 N–H and O–H groups in total. The molecule has 7 heteroatoms. The first-order chi connectivity index (χ1) is 13.9. The van der Waals surface area contributed by atoms with Crippen LogP contribution in [0, 0.1) is 24.4 Å². The smallest absolute Gasteiger partial charge is 0.186 e. The summed E-state index contributed by atoms with van der Waals surface area (Å²) in [6, 6.07) is 6.63. The number of benzene rings is 2. The Morgan fingerprint density at radius 1 is 1.17 bits per heavy atom. The lowest BCUT2D eigenvalue weighted by Crippen LogP contribution is -1.99. The van der Waals surface area contributed by atoms with Gasteiger partial charge < -0.3 is 9.67 Å². The summed E-state index contributed by atoms with van der Waals surface area (Å²) < 4.78 is 43.6. The third kappa shape index (κ3) is 3.19. The van der Waals surface area contributed by atoms with Crippen LogP contribution in [0.5, 0.6) is 0 Å². The number of fused-ring (bicyclic) bond motifs is 2. The summed E-state index contributed by atoms with van der Waals surface area (Å²) in [4.78, 5) is 4.16. The Bertz CT molecular complexity index is 1310. The summed E-state index contributed by atoms with van der Waals surface area (Å²) in [5.74, 6) is -2.76. The van der Waals surface area contributed by atoms with E-state index in [0.717, 1.165) is 51.8 Å². The molecule has 5 rings (SSSR count). The van der Waals surface area contributed by atoms with Gasteiger partial charge in [0.2, 0.25) is 0 Å². The summed E-state index contributed by atoms with van der Waals surface area (Å²) in [5.41, 5.74) is 3.82. The number of hydrogen-bond donors (Lipinski definition) is 1. The van der Waals surface area contributed by atoms with Crippen molar-refractivity contribution in [1.82, 2.24) is 9.55 Å². The van der Waals surface area contributed by atoms with Crippen molar-refractivity contribution >= 4 is 32.5 Å². The van der Waals surface area contributed by atoms with Crippen LogP contribution in [-0.2, 0) is 13.0 Å². The first kappa shape index (κ1) is 18.2. The molecule has 0 unspecified atom stereocenters. The number of allylic oxidation sites excluding steroid dienone is 2. The van der Waals surface area contributed by atoms with Crippen LogP contribution >= 0.6 is 11.3 Å². The van der Waals surface area contributed by atoms with E-state index < -0.39 is 17.5 Å². The maximum Gasteiger partial charge on any atom is 0.186 e. The number of aromatic nitrogens is 2. The molecule has 1 aliphatic carbocycles. The van der Waals surface area contributed by atoms with Crippen LogP contribution in [-0.4, -0.2) is 14.7 Å². The van der Waals surface area contributed by atoms with Crippen molar-refractivity contribution in [3.05, 3.63) is 75.4 Å². The van der Waals surface area contributed by atoms with E-state index in [-0.39, 0.29) is 10.2 Å². The molecule has 1 fully saturated rings. The molecular weight excluding hydrogens is 397 g/mol. The van der Waals surface area contributed by atoms with Gasteiger partial charge >= 0.3 is 0 Å². The average molecular weight is 414 g/mol. The van der Waals surface area contributed by atoms with E-state index in [1.807, 2.05) is 29.8 Å². The number of halogens is 3. The Hall–Kier alpha value is -2.80. The maximum atomic E-state index is 14.0. The third-order valence-electron chi connectivity index (χ3n) is 5.25. The molecule has 0 atom stereocenters. The molecule has 0 bridgehead atoms. The molecule has 2 aromatic carbocycles. The lowest BCUT2D eigenvalue weighted by atomic mass is 10.1. The topological polar surface area (TPSA) is 38.0 Å².